The second-order valence-electron chi connectivity index (χ2n) is 3.30. The van der Waals surface area contributed by atoms with Crippen LogP contribution in [0.3, 0.4) is 0 Å². The van der Waals surface area contributed by atoms with Gasteiger partial charge in [-0.1, -0.05) is 0 Å². The number of nitrogens with zero attached hydrogens (tertiary/aromatic N) is 1. The Morgan fingerprint density at radius 3 is 2.65 bits per heavy atom. The van der Waals surface area contributed by atoms with Gasteiger partial charge in [0.2, 0.25) is 15.0 Å². The van der Waals surface area contributed by atoms with E-state index in [4.69, 9.17) is 0 Å². The number of hydrogen-bond acceptors (Lipinski definition) is 6. The molecule has 0 radical (unpaired) electrons. The molecule has 1 heterocycles. The van der Waals surface area contributed by atoms with E-state index in [1.54, 1.807) is 6.92 Å². The van der Waals surface area contributed by atoms with Crippen molar-refractivity contribution in [2.75, 3.05) is 12.9 Å². The second-order valence-corrected chi connectivity index (χ2v) is 5.23. The first kappa shape index (κ1) is 13.4. The first-order chi connectivity index (χ1) is 7.84. The van der Waals surface area contributed by atoms with Gasteiger partial charge in [-0.05, 0) is 6.92 Å². The molecule has 0 spiro atoms. The molecule has 0 saturated carbocycles. The highest BCUT2D eigenvalue weighted by Crippen LogP contribution is 1.99. The van der Waals surface area contributed by atoms with Crippen LogP contribution in [-0.4, -0.2) is 37.2 Å². The minimum atomic E-state index is -3.56. The van der Waals surface area contributed by atoms with Gasteiger partial charge in [0.05, 0.1) is 13.0 Å². The molecule has 1 N–H and O–H groups in total. The molecule has 17 heavy (non-hydrogen) atoms. The molecule has 0 unspecified atom stereocenters. The molecule has 0 fully saturated rings. The Morgan fingerprint density at radius 1 is 1.53 bits per heavy atom. The van der Waals surface area contributed by atoms with Crippen LogP contribution in [0.1, 0.15) is 12.5 Å². The molecule has 0 saturated heterocycles. The molecule has 0 aromatic carbocycles. The van der Waals surface area contributed by atoms with E-state index >= 15 is 0 Å². The third kappa shape index (κ3) is 3.66. The minimum Gasteiger partial charge on any atom is -0.466 e. The van der Waals surface area contributed by atoms with Crippen molar-refractivity contribution in [2.45, 2.75) is 18.5 Å². The van der Waals surface area contributed by atoms with Crippen molar-refractivity contribution in [3.8, 4) is 0 Å². The number of carbonyl (C=O) groups excluding carboxylic acids is 1. The molecule has 0 atom stereocenters. The van der Waals surface area contributed by atoms with Crippen molar-refractivity contribution >= 4 is 15.8 Å². The number of rotatable bonds is 4. The molecule has 0 aliphatic heterocycles. The van der Waals surface area contributed by atoms with Crippen molar-refractivity contribution in [1.82, 2.24) is 9.97 Å². The lowest BCUT2D eigenvalue weighted by Gasteiger charge is -2.02. The lowest BCUT2D eigenvalue weighted by atomic mass is 10.2. The van der Waals surface area contributed by atoms with E-state index in [1.807, 2.05) is 0 Å². The van der Waals surface area contributed by atoms with Gasteiger partial charge in [-0.3, -0.25) is 14.6 Å². The zero-order valence-corrected chi connectivity index (χ0v) is 10.2. The SMILES string of the molecule is CCOC(=O)Cc1cnc(S(C)(=O)=O)[nH]c1=O. The smallest absolute Gasteiger partial charge is 0.310 e. The van der Waals surface area contributed by atoms with E-state index in [-0.39, 0.29) is 18.6 Å². The van der Waals surface area contributed by atoms with Crippen molar-refractivity contribution in [1.29, 1.82) is 0 Å². The number of nitrogens with one attached hydrogen (secondary N) is 1. The van der Waals surface area contributed by atoms with E-state index in [9.17, 15) is 18.0 Å². The van der Waals surface area contributed by atoms with Crippen LogP contribution in [0, 0.1) is 0 Å². The molecule has 0 amide bonds. The Morgan fingerprint density at radius 2 is 2.18 bits per heavy atom. The maximum atomic E-state index is 11.5. The number of hydrogen-bond donors (Lipinski definition) is 1. The molecule has 94 valence electrons. The van der Waals surface area contributed by atoms with Gasteiger partial charge in [0.15, 0.2) is 0 Å². The first-order valence-electron chi connectivity index (χ1n) is 4.78. The Balaban J connectivity index is 2.99. The third-order valence-electron chi connectivity index (χ3n) is 1.84. The molecule has 8 heteroatoms. The zero-order chi connectivity index (χ0) is 13.1. The lowest BCUT2D eigenvalue weighted by Crippen LogP contribution is -2.21. The summed E-state index contributed by atoms with van der Waals surface area (Å²) < 4.78 is 26.9. The zero-order valence-electron chi connectivity index (χ0n) is 9.39. The van der Waals surface area contributed by atoms with Gasteiger partial charge in [0.25, 0.3) is 5.56 Å². The number of aromatic nitrogens is 2. The predicted molar refractivity (Wildman–Crippen MR) is 58.3 cm³/mol. The van der Waals surface area contributed by atoms with E-state index in [1.165, 1.54) is 0 Å². The molecule has 0 aliphatic carbocycles. The fraction of sp³-hybridized carbons (Fsp3) is 0.444. The van der Waals surface area contributed by atoms with Gasteiger partial charge in [-0.2, -0.15) is 0 Å². The fourth-order valence-electron chi connectivity index (χ4n) is 1.09. The van der Waals surface area contributed by atoms with Gasteiger partial charge in [-0.15, -0.1) is 0 Å². The maximum Gasteiger partial charge on any atom is 0.310 e. The Hall–Kier alpha value is -1.70. The number of ether oxygens (including phenoxy) is 1. The topological polar surface area (TPSA) is 106 Å². The highest BCUT2D eigenvalue weighted by Gasteiger charge is 2.13. The number of H-pyrrole nitrogens is 1. The summed E-state index contributed by atoms with van der Waals surface area (Å²) in [7, 11) is -3.56. The second kappa shape index (κ2) is 5.09. The molecular weight excluding hydrogens is 248 g/mol. The average molecular weight is 260 g/mol. The van der Waals surface area contributed by atoms with E-state index in [0.717, 1.165) is 12.5 Å². The van der Waals surface area contributed by atoms with Crippen molar-refractivity contribution < 1.29 is 17.9 Å². The van der Waals surface area contributed by atoms with Crippen molar-refractivity contribution in [3.05, 3.63) is 22.1 Å². The van der Waals surface area contributed by atoms with Gasteiger partial charge >= 0.3 is 5.97 Å². The highest BCUT2D eigenvalue weighted by atomic mass is 32.2. The minimum absolute atomic E-state index is 0.0656. The van der Waals surface area contributed by atoms with Crippen LogP contribution in [0.5, 0.6) is 0 Å². The van der Waals surface area contributed by atoms with Crippen LogP contribution < -0.4 is 5.56 Å². The van der Waals surface area contributed by atoms with Gasteiger partial charge in [-0.25, -0.2) is 13.4 Å². The summed E-state index contributed by atoms with van der Waals surface area (Å²) in [5.41, 5.74) is -0.593. The van der Waals surface area contributed by atoms with Crippen LogP contribution in [0.4, 0.5) is 0 Å². The number of esters is 1. The Labute approximate surface area is 97.8 Å². The number of sulfone groups is 1. The van der Waals surface area contributed by atoms with E-state index < -0.39 is 26.5 Å². The molecule has 1 aromatic rings. The summed E-state index contributed by atoms with van der Waals surface area (Å²) >= 11 is 0. The van der Waals surface area contributed by atoms with Crippen LogP contribution in [0.25, 0.3) is 0 Å². The normalized spacial score (nSPS) is 11.2. The van der Waals surface area contributed by atoms with Crippen LogP contribution in [-0.2, 0) is 25.8 Å². The molecular formula is C9H12N2O5S. The average Bonchev–Trinajstić information content (AvgIpc) is 2.20. The van der Waals surface area contributed by atoms with Crippen LogP contribution in [0.15, 0.2) is 16.1 Å². The summed E-state index contributed by atoms with van der Waals surface area (Å²) in [5, 5.41) is -0.421. The summed E-state index contributed by atoms with van der Waals surface area (Å²) in [6, 6.07) is 0. The van der Waals surface area contributed by atoms with Crippen LogP contribution >= 0.6 is 0 Å². The summed E-state index contributed by atoms with van der Waals surface area (Å²) in [6.07, 6.45) is 1.75. The standard InChI is InChI=1S/C9H12N2O5S/c1-3-16-7(12)4-6-5-10-9(11-8(6)13)17(2,14)15/h5H,3-4H2,1-2H3,(H,10,11,13). The highest BCUT2D eigenvalue weighted by molar-refractivity contribution is 7.90. The fourth-order valence-corrected chi connectivity index (χ4v) is 1.61. The van der Waals surface area contributed by atoms with Gasteiger partial charge < -0.3 is 4.74 Å². The van der Waals surface area contributed by atoms with Crippen molar-refractivity contribution in [3.63, 3.8) is 0 Å². The summed E-state index contributed by atoms with van der Waals surface area (Å²) in [4.78, 5) is 28.3. The third-order valence-corrected chi connectivity index (χ3v) is 2.75. The van der Waals surface area contributed by atoms with Gasteiger partial charge in [0.1, 0.15) is 0 Å². The quantitative estimate of drug-likeness (QED) is 0.565. The molecule has 7 nitrogen and oxygen atoms in total. The van der Waals surface area contributed by atoms with Gasteiger partial charge in [0, 0.05) is 18.0 Å². The molecule has 1 aromatic heterocycles. The molecule has 1 rings (SSSR count). The summed E-state index contributed by atoms with van der Waals surface area (Å²) in [5.74, 6) is -0.563. The predicted octanol–water partition coefficient (Wildman–Crippen LogP) is -0.721. The first-order valence-corrected chi connectivity index (χ1v) is 6.67. The maximum absolute atomic E-state index is 11.5. The number of carbonyl (C=O) groups is 1. The van der Waals surface area contributed by atoms with E-state index in [2.05, 4.69) is 14.7 Å². The Bertz CT molecular complexity index is 575. The lowest BCUT2D eigenvalue weighted by molar-refractivity contribution is -0.142. The number of aromatic amines is 1. The monoisotopic (exact) mass is 260 g/mol. The largest absolute Gasteiger partial charge is 0.466 e. The summed E-state index contributed by atoms with van der Waals surface area (Å²) in [6.45, 7) is 1.86. The molecule has 0 bridgehead atoms. The van der Waals surface area contributed by atoms with E-state index in [0.29, 0.717) is 0 Å². The van der Waals surface area contributed by atoms with Crippen molar-refractivity contribution in [2.24, 2.45) is 0 Å². The Kier molecular flexibility index (Phi) is 4.00. The van der Waals surface area contributed by atoms with Crippen LogP contribution in [0.2, 0.25) is 0 Å². The molecule has 0 aliphatic rings.